The van der Waals surface area contributed by atoms with Crippen molar-refractivity contribution in [3.8, 4) is 5.69 Å². The van der Waals surface area contributed by atoms with E-state index in [2.05, 4.69) is 20.0 Å². The summed E-state index contributed by atoms with van der Waals surface area (Å²) >= 11 is 5.92. The molecular formula is C14H12ClN5O2S. The normalized spacial score (nSPS) is 11.5. The molecule has 0 spiro atoms. The Morgan fingerprint density at radius 1 is 1.13 bits per heavy atom. The Labute approximate surface area is 138 Å². The summed E-state index contributed by atoms with van der Waals surface area (Å²) in [6.07, 6.45) is 4.91. The van der Waals surface area contributed by atoms with Crippen molar-refractivity contribution >= 4 is 21.6 Å². The van der Waals surface area contributed by atoms with E-state index in [4.69, 9.17) is 11.6 Å². The number of hydrogen-bond donors (Lipinski definition) is 1. The van der Waals surface area contributed by atoms with Gasteiger partial charge in [-0.1, -0.05) is 28.9 Å². The van der Waals surface area contributed by atoms with Crippen molar-refractivity contribution < 1.29 is 8.42 Å². The lowest BCUT2D eigenvalue weighted by atomic mass is 10.4. The highest BCUT2D eigenvalue weighted by molar-refractivity contribution is 7.89. The highest BCUT2D eigenvalue weighted by Crippen LogP contribution is 2.20. The molecule has 0 radical (unpaired) electrons. The summed E-state index contributed by atoms with van der Waals surface area (Å²) in [5.41, 5.74) is 1.27. The molecule has 1 aromatic carbocycles. The molecule has 0 saturated carbocycles. The van der Waals surface area contributed by atoms with Gasteiger partial charge in [0, 0.05) is 12.4 Å². The predicted molar refractivity (Wildman–Crippen MR) is 84.6 cm³/mol. The van der Waals surface area contributed by atoms with Crippen LogP contribution in [0, 0.1) is 0 Å². The van der Waals surface area contributed by atoms with Crippen LogP contribution in [0.2, 0.25) is 5.02 Å². The van der Waals surface area contributed by atoms with Crippen molar-refractivity contribution in [2.45, 2.75) is 11.4 Å². The molecule has 7 nitrogen and oxygen atoms in total. The van der Waals surface area contributed by atoms with Gasteiger partial charge < -0.3 is 0 Å². The molecule has 0 fully saturated rings. The zero-order valence-corrected chi connectivity index (χ0v) is 13.4. The number of halogens is 1. The van der Waals surface area contributed by atoms with E-state index in [1.54, 1.807) is 47.5 Å². The lowest BCUT2D eigenvalue weighted by Crippen LogP contribution is -2.23. The van der Waals surface area contributed by atoms with Crippen LogP contribution >= 0.6 is 11.6 Å². The molecule has 118 valence electrons. The van der Waals surface area contributed by atoms with Gasteiger partial charge >= 0.3 is 0 Å². The van der Waals surface area contributed by atoms with E-state index in [9.17, 15) is 8.42 Å². The topological polar surface area (TPSA) is 89.8 Å². The fraction of sp³-hybridized carbons (Fsp3) is 0.0714. The second-order valence-corrected chi connectivity index (χ2v) is 6.76. The Kier molecular flexibility index (Phi) is 4.37. The van der Waals surface area contributed by atoms with E-state index < -0.39 is 10.0 Å². The van der Waals surface area contributed by atoms with Crippen LogP contribution in [0.5, 0.6) is 0 Å². The first-order valence-corrected chi connectivity index (χ1v) is 8.48. The first kappa shape index (κ1) is 15.6. The molecule has 0 amide bonds. The van der Waals surface area contributed by atoms with Crippen LogP contribution in [0.3, 0.4) is 0 Å². The smallest absolute Gasteiger partial charge is 0.242 e. The first-order valence-electron chi connectivity index (χ1n) is 6.62. The van der Waals surface area contributed by atoms with Crippen molar-refractivity contribution in [2.75, 3.05) is 0 Å². The summed E-state index contributed by atoms with van der Waals surface area (Å²) in [7, 11) is -3.71. The summed E-state index contributed by atoms with van der Waals surface area (Å²) in [5, 5.41) is 8.07. The van der Waals surface area contributed by atoms with Crippen LogP contribution in [0.4, 0.5) is 0 Å². The molecule has 2 heterocycles. The number of nitrogens with one attached hydrogen (secondary N) is 1. The largest absolute Gasteiger partial charge is 0.265 e. The number of nitrogens with zero attached hydrogens (tertiary/aromatic N) is 4. The lowest BCUT2D eigenvalue weighted by Gasteiger charge is -2.06. The highest BCUT2D eigenvalue weighted by Gasteiger charge is 2.17. The molecule has 0 atom stereocenters. The molecule has 0 saturated heterocycles. The number of aromatic nitrogens is 4. The standard InChI is InChI=1S/C14H12ClN5O2S/c15-13-3-1-2-4-14(13)23(21,22)17-9-11-10-20(19-18-11)12-5-7-16-8-6-12/h1-8,10,17H,9H2. The third kappa shape index (κ3) is 3.55. The second kappa shape index (κ2) is 6.45. The van der Waals surface area contributed by atoms with Crippen molar-refractivity contribution in [3.05, 3.63) is 65.7 Å². The van der Waals surface area contributed by atoms with E-state index in [1.807, 2.05) is 0 Å². The Bertz CT molecular complexity index is 912. The zero-order valence-electron chi connectivity index (χ0n) is 11.8. The molecule has 0 aliphatic rings. The molecule has 0 bridgehead atoms. The van der Waals surface area contributed by atoms with Crippen molar-refractivity contribution in [1.29, 1.82) is 0 Å². The average molecular weight is 350 g/mol. The van der Waals surface area contributed by atoms with Gasteiger partial charge in [-0.05, 0) is 24.3 Å². The fourth-order valence-corrected chi connectivity index (χ4v) is 3.43. The van der Waals surface area contributed by atoms with E-state index in [0.29, 0.717) is 5.69 Å². The molecule has 9 heteroatoms. The molecule has 0 unspecified atom stereocenters. The Balaban J connectivity index is 1.74. The molecule has 0 aliphatic heterocycles. The van der Waals surface area contributed by atoms with Gasteiger partial charge in [-0.15, -0.1) is 5.10 Å². The number of rotatable bonds is 5. The highest BCUT2D eigenvalue weighted by atomic mass is 35.5. The second-order valence-electron chi connectivity index (χ2n) is 4.61. The minimum Gasteiger partial charge on any atom is -0.265 e. The van der Waals surface area contributed by atoms with Crippen molar-refractivity contribution in [2.24, 2.45) is 0 Å². The Morgan fingerprint density at radius 3 is 2.61 bits per heavy atom. The molecule has 1 N–H and O–H groups in total. The van der Waals surface area contributed by atoms with Gasteiger partial charge in [0.15, 0.2) is 0 Å². The molecule has 23 heavy (non-hydrogen) atoms. The van der Waals surface area contributed by atoms with E-state index in [1.165, 1.54) is 12.1 Å². The Hall–Kier alpha value is -2.29. The lowest BCUT2D eigenvalue weighted by molar-refractivity contribution is 0.580. The number of pyridine rings is 1. The molecule has 3 aromatic rings. The summed E-state index contributed by atoms with van der Waals surface area (Å²) in [6, 6.07) is 9.79. The number of benzene rings is 1. The maximum Gasteiger partial charge on any atom is 0.242 e. The van der Waals surface area contributed by atoms with Crippen LogP contribution in [0.25, 0.3) is 5.69 Å². The van der Waals surface area contributed by atoms with Gasteiger partial charge in [0.1, 0.15) is 4.90 Å². The van der Waals surface area contributed by atoms with Crippen LogP contribution < -0.4 is 4.72 Å². The SMILES string of the molecule is O=S(=O)(NCc1cn(-c2ccncc2)nn1)c1ccccc1Cl. The quantitative estimate of drug-likeness (QED) is 0.758. The van der Waals surface area contributed by atoms with E-state index >= 15 is 0 Å². The van der Waals surface area contributed by atoms with Gasteiger partial charge in [0.2, 0.25) is 10.0 Å². The van der Waals surface area contributed by atoms with Gasteiger partial charge in [0.05, 0.1) is 29.1 Å². The van der Waals surface area contributed by atoms with E-state index in [-0.39, 0.29) is 16.5 Å². The minimum absolute atomic E-state index is 0.0125. The van der Waals surface area contributed by atoms with Crippen molar-refractivity contribution in [3.63, 3.8) is 0 Å². The molecule has 0 aliphatic carbocycles. The minimum atomic E-state index is -3.71. The maximum atomic E-state index is 12.2. The molecule has 3 rings (SSSR count). The van der Waals surface area contributed by atoms with Gasteiger partial charge in [-0.25, -0.2) is 17.8 Å². The van der Waals surface area contributed by atoms with Crippen molar-refractivity contribution in [1.82, 2.24) is 24.7 Å². The zero-order chi connectivity index (χ0) is 16.3. The maximum absolute atomic E-state index is 12.2. The fourth-order valence-electron chi connectivity index (χ4n) is 1.91. The van der Waals surface area contributed by atoms with Crippen LogP contribution in [-0.2, 0) is 16.6 Å². The summed E-state index contributed by atoms with van der Waals surface area (Å²) in [5.74, 6) is 0. The van der Waals surface area contributed by atoms with Crippen LogP contribution in [0.15, 0.2) is 59.9 Å². The molecular weight excluding hydrogens is 338 g/mol. The number of hydrogen-bond acceptors (Lipinski definition) is 5. The third-order valence-corrected chi connectivity index (χ3v) is 4.94. The molecule has 2 aromatic heterocycles. The monoisotopic (exact) mass is 349 g/mol. The third-order valence-electron chi connectivity index (χ3n) is 3.04. The predicted octanol–water partition coefficient (Wildman–Crippen LogP) is 1.79. The summed E-state index contributed by atoms with van der Waals surface area (Å²) in [6.45, 7) is 0.0125. The number of sulfonamides is 1. The van der Waals surface area contributed by atoms with Gasteiger partial charge in [-0.2, -0.15) is 0 Å². The van der Waals surface area contributed by atoms with Crippen LogP contribution in [0.1, 0.15) is 5.69 Å². The summed E-state index contributed by atoms with van der Waals surface area (Å²) in [4.78, 5) is 3.95. The van der Waals surface area contributed by atoms with Gasteiger partial charge in [-0.3, -0.25) is 4.98 Å². The Morgan fingerprint density at radius 2 is 1.87 bits per heavy atom. The van der Waals surface area contributed by atoms with Crippen LogP contribution in [-0.4, -0.2) is 28.4 Å². The summed E-state index contributed by atoms with van der Waals surface area (Å²) < 4.78 is 28.5. The van der Waals surface area contributed by atoms with E-state index in [0.717, 1.165) is 5.69 Å². The van der Waals surface area contributed by atoms with Gasteiger partial charge in [0.25, 0.3) is 0 Å². The average Bonchev–Trinajstić information content (AvgIpc) is 3.03. The first-order chi connectivity index (χ1) is 11.1.